The summed E-state index contributed by atoms with van der Waals surface area (Å²) in [4.78, 5) is 94.3. The zero-order valence-corrected chi connectivity index (χ0v) is 47.4. The van der Waals surface area contributed by atoms with Gasteiger partial charge in [-0.15, -0.1) is 0 Å². The first kappa shape index (κ1) is 65.0. The van der Waals surface area contributed by atoms with Crippen molar-refractivity contribution >= 4 is 79.7 Å². The van der Waals surface area contributed by atoms with Crippen molar-refractivity contribution in [2.24, 2.45) is 0 Å². The maximum atomic E-state index is 13.2. The van der Waals surface area contributed by atoms with Gasteiger partial charge in [-0.05, 0) is 154 Å². The number of carboxylic acid groups (broad SMARTS) is 1. The Bertz CT molecular complexity index is 3850. The lowest BCUT2D eigenvalue weighted by Crippen LogP contribution is -2.13. The summed E-state index contributed by atoms with van der Waals surface area (Å²) >= 11 is 0. The summed E-state index contributed by atoms with van der Waals surface area (Å²) < 4.78 is 46.6. The van der Waals surface area contributed by atoms with Crippen LogP contribution in [-0.2, 0) is 33.3 Å². The highest BCUT2D eigenvalue weighted by molar-refractivity contribution is 6.03. The molecule has 3 N–H and O–H groups in total. The number of rotatable bonds is 21. The topological polar surface area (TPSA) is 280 Å². The minimum absolute atomic E-state index is 0.00963. The van der Waals surface area contributed by atoms with E-state index in [1.807, 2.05) is 0 Å². The second kappa shape index (κ2) is 32.7. The Morgan fingerprint density at radius 1 is 0.448 bits per heavy atom. The quantitative estimate of drug-likeness (QED) is 0.0115. The monoisotopic (exact) mass is 1180 g/mol. The van der Waals surface area contributed by atoms with Gasteiger partial charge in [0.15, 0.2) is 11.6 Å². The third-order valence-corrected chi connectivity index (χ3v) is 12.3. The summed E-state index contributed by atoms with van der Waals surface area (Å²) in [7, 11) is 0. The van der Waals surface area contributed by atoms with Crippen LogP contribution in [0.1, 0.15) is 91.3 Å². The molecule has 0 radical (unpaired) electrons. The van der Waals surface area contributed by atoms with Gasteiger partial charge in [-0.3, -0.25) is 9.59 Å². The maximum absolute atomic E-state index is 13.2. The molecule has 87 heavy (non-hydrogen) atoms. The van der Waals surface area contributed by atoms with Crippen LogP contribution < -0.4 is 23.7 Å². The summed E-state index contributed by atoms with van der Waals surface area (Å²) in [6, 6.07) is 38.2. The van der Waals surface area contributed by atoms with Gasteiger partial charge in [0.2, 0.25) is 20.4 Å². The zero-order chi connectivity index (χ0) is 62.8. The van der Waals surface area contributed by atoms with Gasteiger partial charge in [0.1, 0.15) is 40.2 Å². The molecule has 20 nitrogen and oxygen atoms in total. The number of phenolic OH excluding ortho intramolecular Hbond substituents is 2. The molecule has 448 valence electrons. The van der Waals surface area contributed by atoms with E-state index in [1.165, 1.54) is 55.3 Å². The van der Waals surface area contributed by atoms with Crippen molar-refractivity contribution in [1.29, 1.82) is 0 Å². The molecule has 1 fully saturated rings. The lowest BCUT2D eigenvalue weighted by atomic mass is 10.1. The number of Topliss-reactive ketones (excluding diaryl/α,β-unsaturated/α-hetero) is 2. The SMILES string of the molecule is C1CCOC1.C=CC(=O)OCOc1ccc2cc(C(=O)O)ccc2c1.C=CC(=O)OCOc1ccc2cc(C(=O)Oc3ccc(OC(=O)c4ccc5cc(OCOC(=O)C=C)ccc5c4)c(C(=O)CC)c3)ccc2c1.CCC(=O)c1cc(O)ccc1O. The minimum Gasteiger partial charge on any atom is -0.508 e. The van der Waals surface area contributed by atoms with Crippen LogP contribution in [0.4, 0.5) is 0 Å². The van der Waals surface area contributed by atoms with Crippen LogP contribution in [-0.4, -0.2) is 96.3 Å². The molecule has 0 aromatic heterocycles. The van der Waals surface area contributed by atoms with Crippen molar-refractivity contribution in [1.82, 2.24) is 0 Å². The number of esters is 5. The summed E-state index contributed by atoms with van der Waals surface area (Å²) in [6.07, 6.45) is 6.11. The van der Waals surface area contributed by atoms with Crippen molar-refractivity contribution in [3.63, 3.8) is 0 Å². The van der Waals surface area contributed by atoms with Crippen LogP contribution in [0.2, 0.25) is 0 Å². The van der Waals surface area contributed by atoms with Crippen LogP contribution in [0.3, 0.4) is 0 Å². The first-order valence-electron chi connectivity index (χ1n) is 26.8. The molecule has 0 spiro atoms. The Labute approximate surface area is 498 Å². The van der Waals surface area contributed by atoms with Gasteiger partial charge in [0, 0.05) is 44.3 Å². The molecule has 0 atom stereocenters. The molecule has 20 heteroatoms. The highest BCUT2D eigenvalue weighted by Crippen LogP contribution is 2.30. The van der Waals surface area contributed by atoms with E-state index in [1.54, 1.807) is 117 Å². The number of benzene rings is 8. The highest BCUT2D eigenvalue weighted by atomic mass is 16.7. The number of carbonyl (C=O) groups is 8. The number of carboxylic acids is 1. The Morgan fingerprint density at radius 3 is 1.25 bits per heavy atom. The molecule has 0 saturated carbocycles. The molecule has 9 rings (SSSR count). The van der Waals surface area contributed by atoms with Crippen molar-refractivity contribution in [3.8, 4) is 40.2 Å². The molecule has 8 aromatic rings. The van der Waals surface area contributed by atoms with E-state index >= 15 is 0 Å². The van der Waals surface area contributed by atoms with E-state index in [9.17, 15) is 43.5 Å². The molecule has 0 amide bonds. The van der Waals surface area contributed by atoms with Gasteiger partial charge in [0.05, 0.1) is 27.8 Å². The normalized spacial score (nSPS) is 11.1. The first-order valence-corrected chi connectivity index (χ1v) is 26.8. The van der Waals surface area contributed by atoms with Gasteiger partial charge >= 0.3 is 35.8 Å². The van der Waals surface area contributed by atoms with Crippen molar-refractivity contribution in [2.45, 2.75) is 39.5 Å². The summed E-state index contributed by atoms with van der Waals surface area (Å²) in [5, 5.41) is 31.7. The Hall–Kier alpha value is -11.1. The number of hydrogen-bond acceptors (Lipinski definition) is 19. The number of aromatic carboxylic acids is 1. The van der Waals surface area contributed by atoms with Gasteiger partial charge in [-0.2, -0.15) is 0 Å². The maximum Gasteiger partial charge on any atom is 0.343 e. The van der Waals surface area contributed by atoms with Crippen molar-refractivity contribution in [3.05, 3.63) is 211 Å². The van der Waals surface area contributed by atoms with Crippen LogP contribution in [0.5, 0.6) is 40.2 Å². The Morgan fingerprint density at radius 2 is 0.839 bits per heavy atom. The van der Waals surface area contributed by atoms with Crippen LogP contribution >= 0.6 is 0 Å². The minimum atomic E-state index is -0.969. The van der Waals surface area contributed by atoms with Gasteiger partial charge in [-0.25, -0.2) is 28.8 Å². The highest BCUT2D eigenvalue weighted by Gasteiger charge is 2.20. The second-order valence-electron chi connectivity index (χ2n) is 18.3. The average molecular weight is 1190 g/mol. The number of fused-ring (bicyclic) bond motifs is 3. The number of phenols is 2. The van der Waals surface area contributed by atoms with Crippen molar-refractivity contribution in [2.75, 3.05) is 33.6 Å². The zero-order valence-electron chi connectivity index (χ0n) is 47.4. The third-order valence-electron chi connectivity index (χ3n) is 12.3. The largest absolute Gasteiger partial charge is 0.508 e. The molecule has 0 aliphatic carbocycles. The van der Waals surface area contributed by atoms with E-state index in [4.69, 9.17) is 52.8 Å². The number of aromatic hydroxyl groups is 2. The smallest absolute Gasteiger partial charge is 0.343 e. The van der Waals surface area contributed by atoms with Crippen LogP contribution in [0, 0.1) is 0 Å². The number of ketones is 2. The fourth-order valence-corrected chi connectivity index (χ4v) is 7.81. The average Bonchev–Trinajstić information content (AvgIpc) is 3.96. The Balaban J connectivity index is 0.000000262. The molecule has 8 aromatic carbocycles. The molecule has 0 unspecified atom stereocenters. The molecule has 1 aliphatic rings. The van der Waals surface area contributed by atoms with Crippen molar-refractivity contribution < 1.29 is 96.3 Å². The van der Waals surface area contributed by atoms with Gasteiger partial charge in [-0.1, -0.05) is 70.0 Å². The fourth-order valence-electron chi connectivity index (χ4n) is 7.81. The molecule has 0 bridgehead atoms. The molecule has 1 aliphatic heterocycles. The van der Waals surface area contributed by atoms with Crippen LogP contribution in [0.15, 0.2) is 184 Å². The fraction of sp³-hybridized carbons (Fsp3) is 0.164. The van der Waals surface area contributed by atoms with E-state index < -0.39 is 35.8 Å². The lowest BCUT2D eigenvalue weighted by molar-refractivity contribution is -0.145. The molecule has 1 saturated heterocycles. The van der Waals surface area contributed by atoms with Crippen LogP contribution in [0.25, 0.3) is 32.3 Å². The summed E-state index contributed by atoms with van der Waals surface area (Å²) in [5.74, 6) is -3.13. The molecular weight excluding hydrogens is 1120 g/mol. The number of hydrogen-bond donors (Lipinski definition) is 3. The standard InChI is InChI=1S/C39H30O11.C15H12O5.C9H10O3.C4H8O/c1-4-34(40)33-21-32(49-38(43)28-9-7-26-19-30(13-11-24(26)17-28)45-22-47-36(41)5-2)15-16-35(33)50-39(44)29-10-8-27-20-31(14-12-25(27)18-29)46-23-48-37(42)6-3;1-2-14(16)20-9-19-13-6-5-10-7-12(15(17)18)4-3-11(10)8-13;1-2-8(11)7-5-6(10)3-4-9(7)12;1-2-4-5-3-1/h5-21H,2-4,22-23H2,1H3;2-8H,1,9H2,(H,17,18);3-5,10,12H,2H2,1H3;1-4H2. The predicted octanol–water partition coefficient (Wildman–Crippen LogP) is 12.2. The van der Waals surface area contributed by atoms with E-state index in [-0.39, 0.29) is 89.2 Å². The second-order valence-corrected chi connectivity index (χ2v) is 18.3. The number of carbonyl (C=O) groups excluding carboxylic acids is 7. The predicted molar refractivity (Wildman–Crippen MR) is 320 cm³/mol. The van der Waals surface area contributed by atoms with E-state index in [0.717, 1.165) is 63.8 Å². The Kier molecular flexibility index (Phi) is 24.4. The first-order chi connectivity index (χ1) is 41.9. The van der Waals surface area contributed by atoms with Gasteiger partial charge in [0.25, 0.3) is 0 Å². The summed E-state index contributed by atoms with van der Waals surface area (Å²) in [6.45, 7) is 14.5. The molecular formula is C67H60O20. The van der Waals surface area contributed by atoms with E-state index in [0.29, 0.717) is 23.7 Å². The third kappa shape index (κ3) is 19.8. The summed E-state index contributed by atoms with van der Waals surface area (Å²) in [5.41, 5.74) is 0.984. The van der Waals surface area contributed by atoms with E-state index in [2.05, 4.69) is 19.7 Å². The van der Waals surface area contributed by atoms with Gasteiger partial charge < -0.3 is 58.0 Å². The lowest BCUT2D eigenvalue weighted by Gasteiger charge is -2.12. The number of ether oxygens (including phenoxy) is 9. The molecule has 1 heterocycles.